The molecule has 0 radical (unpaired) electrons. The minimum absolute atomic E-state index is 0.00588. The molecule has 174 valence electrons. The minimum atomic E-state index is -0.484. The van der Waals surface area contributed by atoms with E-state index in [1.165, 1.54) is 12.8 Å². The lowest BCUT2D eigenvalue weighted by molar-refractivity contribution is -0.142. The summed E-state index contributed by atoms with van der Waals surface area (Å²) in [5.74, 6) is 1.39. The van der Waals surface area contributed by atoms with Crippen molar-refractivity contribution in [3.8, 4) is 5.75 Å². The number of hydrogen-bond acceptors (Lipinski definition) is 6. The number of benzene rings is 1. The molecule has 3 heterocycles. The highest BCUT2D eigenvalue weighted by atomic mass is 16.6. The molecular formula is C24H32N2O6. The normalized spacial score (nSPS) is 29.5. The van der Waals surface area contributed by atoms with Crippen LogP contribution in [0.2, 0.25) is 0 Å². The molecule has 3 N–H and O–H groups in total. The average Bonchev–Trinajstić information content (AvgIpc) is 3.58. The molecule has 2 amide bonds. The topological polar surface area (TPSA) is 106 Å². The molecule has 0 spiro atoms. The molecule has 8 nitrogen and oxygen atoms in total. The molecule has 32 heavy (non-hydrogen) atoms. The summed E-state index contributed by atoms with van der Waals surface area (Å²) in [6.45, 7) is 1.82. The van der Waals surface area contributed by atoms with E-state index in [2.05, 4.69) is 10.6 Å². The van der Waals surface area contributed by atoms with Gasteiger partial charge in [-0.1, -0.05) is 0 Å². The number of amides is 2. The van der Waals surface area contributed by atoms with Crippen LogP contribution in [0.5, 0.6) is 5.75 Å². The van der Waals surface area contributed by atoms with E-state index in [9.17, 15) is 14.7 Å². The van der Waals surface area contributed by atoms with E-state index in [4.69, 9.17) is 14.2 Å². The van der Waals surface area contributed by atoms with Gasteiger partial charge < -0.3 is 30.0 Å². The van der Waals surface area contributed by atoms with Gasteiger partial charge in [-0.05, 0) is 56.2 Å². The summed E-state index contributed by atoms with van der Waals surface area (Å²) >= 11 is 0. The van der Waals surface area contributed by atoms with Crippen molar-refractivity contribution >= 4 is 17.5 Å². The van der Waals surface area contributed by atoms with Crippen molar-refractivity contribution in [3.63, 3.8) is 0 Å². The Morgan fingerprint density at radius 3 is 2.69 bits per heavy atom. The third-order valence-corrected chi connectivity index (χ3v) is 7.06. The number of aliphatic hydroxyl groups is 1. The molecular weight excluding hydrogens is 412 g/mol. The number of fused-ring (bicyclic) bond motifs is 3. The maximum Gasteiger partial charge on any atom is 0.227 e. The SMILES string of the molecule is O=C(C[C@@H]1C[C@@H]2c3cc(NC(=O)C4CCOCC4)ccc3O[C@@H]2[C@H](CO)O1)NCC1CC1. The van der Waals surface area contributed by atoms with Crippen LogP contribution < -0.4 is 15.4 Å². The van der Waals surface area contributed by atoms with Crippen molar-refractivity contribution in [2.24, 2.45) is 11.8 Å². The maximum atomic E-state index is 12.6. The number of nitrogens with one attached hydrogen (secondary N) is 2. The van der Waals surface area contributed by atoms with E-state index in [1.54, 1.807) is 0 Å². The predicted molar refractivity (Wildman–Crippen MR) is 116 cm³/mol. The zero-order chi connectivity index (χ0) is 22.1. The van der Waals surface area contributed by atoms with E-state index in [1.807, 2.05) is 18.2 Å². The molecule has 0 aromatic heterocycles. The zero-order valence-electron chi connectivity index (χ0n) is 18.3. The van der Waals surface area contributed by atoms with Gasteiger partial charge in [-0.25, -0.2) is 0 Å². The molecule has 1 saturated carbocycles. The number of carbonyl (C=O) groups is 2. The van der Waals surface area contributed by atoms with Crippen molar-refractivity contribution in [1.29, 1.82) is 0 Å². The second-order valence-corrected chi connectivity index (χ2v) is 9.48. The number of carbonyl (C=O) groups excluding carboxylic acids is 2. The summed E-state index contributed by atoms with van der Waals surface area (Å²) in [6.07, 6.45) is 3.74. The van der Waals surface area contributed by atoms with Gasteiger partial charge in [0.15, 0.2) is 0 Å². The fraction of sp³-hybridized carbons (Fsp3) is 0.667. The zero-order valence-corrected chi connectivity index (χ0v) is 18.3. The number of hydrogen-bond donors (Lipinski definition) is 3. The molecule has 1 aromatic rings. The van der Waals surface area contributed by atoms with Gasteiger partial charge in [-0.2, -0.15) is 0 Å². The Morgan fingerprint density at radius 1 is 1.12 bits per heavy atom. The number of anilines is 1. The molecule has 3 aliphatic heterocycles. The first-order valence-corrected chi connectivity index (χ1v) is 11.8. The van der Waals surface area contributed by atoms with Crippen molar-refractivity contribution in [3.05, 3.63) is 23.8 Å². The molecule has 0 bridgehead atoms. The van der Waals surface area contributed by atoms with Crippen molar-refractivity contribution in [2.75, 3.05) is 31.7 Å². The third-order valence-electron chi connectivity index (χ3n) is 7.06. The van der Waals surface area contributed by atoms with Crippen molar-refractivity contribution in [1.82, 2.24) is 5.32 Å². The summed E-state index contributed by atoms with van der Waals surface area (Å²) in [7, 11) is 0. The summed E-state index contributed by atoms with van der Waals surface area (Å²) in [6, 6.07) is 5.70. The van der Waals surface area contributed by atoms with Gasteiger partial charge in [0.1, 0.15) is 18.0 Å². The van der Waals surface area contributed by atoms with Gasteiger partial charge in [-0.15, -0.1) is 0 Å². The van der Waals surface area contributed by atoms with Crippen LogP contribution in [0.25, 0.3) is 0 Å². The maximum absolute atomic E-state index is 12.6. The van der Waals surface area contributed by atoms with Crippen LogP contribution >= 0.6 is 0 Å². The molecule has 1 aliphatic carbocycles. The standard InChI is InChI=1S/C24H32N2O6/c27-13-21-23-19(10-17(31-21)11-22(28)25-12-14-1-2-14)18-9-16(3-4-20(18)32-23)26-24(29)15-5-7-30-8-6-15/h3-4,9,14-15,17,19,21,23,27H,1-2,5-8,10-13H2,(H,25,28)(H,26,29)/t17-,19+,21-,23-/m0/s1. The lowest BCUT2D eigenvalue weighted by atomic mass is 9.84. The number of ether oxygens (including phenoxy) is 3. The summed E-state index contributed by atoms with van der Waals surface area (Å²) < 4.78 is 17.5. The smallest absolute Gasteiger partial charge is 0.227 e. The molecule has 8 heteroatoms. The molecule has 4 atom stereocenters. The van der Waals surface area contributed by atoms with Gasteiger partial charge in [0, 0.05) is 42.8 Å². The predicted octanol–water partition coefficient (Wildman–Crippen LogP) is 1.96. The Morgan fingerprint density at radius 2 is 1.94 bits per heavy atom. The van der Waals surface area contributed by atoms with Gasteiger partial charge in [0.05, 0.1) is 19.1 Å². The van der Waals surface area contributed by atoms with E-state index >= 15 is 0 Å². The molecule has 1 aromatic carbocycles. The lowest BCUT2D eigenvalue weighted by Crippen LogP contribution is -2.47. The molecule has 5 rings (SSSR count). The Bertz CT molecular complexity index is 851. The van der Waals surface area contributed by atoms with Gasteiger partial charge in [-0.3, -0.25) is 9.59 Å². The summed E-state index contributed by atoms with van der Waals surface area (Å²) in [4.78, 5) is 25.0. The second kappa shape index (κ2) is 9.37. The van der Waals surface area contributed by atoms with Crippen LogP contribution in [-0.2, 0) is 19.1 Å². The Balaban J connectivity index is 1.26. The highest BCUT2D eigenvalue weighted by Crippen LogP contribution is 2.47. The quantitative estimate of drug-likeness (QED) is 0.594. The lowest BCUT2D eigenvalue weighted by Gasteiger charge is -2.37. The molecule has 0 unspecified atom stereocenters. The van der Waals surface area contributed by atoms with Crippen LogP contribution in [0, 0.1) is 11.8 Å². The third kappa shape index (κ3) is 4.77. The second-order valence-electron chi connectivity index (χ2n) is 9.48. The first kappa shape index (κ1) is 21.7. The molecule has 3 fully saturated rings. The van der Waals surface area contributed by atoms with Crippen molar-refractivity contribution in [2.45, 2.75) is 62.8 Å². The fourth-order valence-corrected chi connectivity index (χ4v) is 5.03. The highest BCUT2D eigenvalue weighted by Gasteiger charge is 2.46. The fourth-order valence-electron chi connectivity index (χ4n) is 5.03. The highest BCUT2D eigenvalue weighted by molar-refractivity contribution is 5.92. The van der Waals surface area contributed by atoms with Gasteiger partial charge in [0.2, 0.25) is 11.8 Å². The van der Waals surface area contributed by atoms with Crippen molar-refractivity contribution < 1.29 is 28.9 Å². The monoisotopic (exact) mass is 444 g/mol. The molecule has 2 saturated heterocycles. The summed E-state index contributed by atoms with van der Waals surface area (Å²) in [5.41, 5.74) is 1.75. The van der Waals surface area contributed by atoms with E-state index in [0.29, 0.717) is 25.6 Å². The summed E-state index contributed by atoms with van der Waals surface area (Å²) in [5, 5.41) is 15.9. The Hall–Kier alpha value is -2.16. The van der Waals surface area contributed by atoms with Gasteiger partial charge in [0.25, 0.3) is 0 Å². The number of rotatable bonds is 7. The average molecular weight is 445 g/mol. The first-order valence-electron chi connectivity index (χ1n) is 11.8. The van der Waals surface area contributed by atoms with E-state index < -0.39 is 6.10 Å². The minimum Gasteiger partial charge on any atom is -0.487 e. The van der Waals surface area contributed by atoms with Crippen LogP contribution in [-0.4, -0.2) is 61.6 Å². The Labute approximate surface area is 188 Å². The number of aliphatic hydroxyl groups excluding tert-OH is 1. The van der Waals surface area contributed by atoms with Crippen LogP contribution in [0.1, 0.15) is 50.0 Å². The van der Waals surface area contributed by atoms with Crippen LogP contribution in [0.4, 0.5) is 5.69 Å². The largest absolute Gasteiger partial charge is 0.487 e. The first-order chi connectivity index (χ1) is 15.6. The Kier molecular flexibility index (Phi) is 6.35. The van der Waals surface area contributed by atoms with Gasteiger partial charge >= 0.3 is 0 Å². The van der Waals surface area contributed by atoms with E-state index in [-0.39, 0.29) is 48.9 Å². The van der Waals surface area contributed by atoms with Crippen LogP contribution in [0.15, 0.2) is 18.2 Å². The molecule has 4 aliphatic rings. The van der Waals surface area contributed by atoms with Crippen LogP contribution in [0.3, 0.4) is 0 Å². The van der Waals surface area contributed by atoms with E-state index in [0.717, 1.165) is 36.4 Å².